The highest BCUT2D eigenvalue weighted by atomic mass is 16.5. The maximum atomic E-state index is 12.7. The van der Waals surface area contributed by atoms with Crippen LogP contribution in [0.3, 0.4) is 0 Å². The first kappa shape index (κ1) is 19.5. The SMILES string of the molecule is CNC(=O)c1ccc(OC)c(NC(=O)N2CCN(c3cccc(C)c3)CC2)c1. The van der Waals surface area contributed by atoms with E-state index in [9.17, 15) is 9.59 Å². The fourth-order valence-electron chi connectivity index (χ4n) is 3.28. The quantitative estimate of drug-likeness (QED) is 0.853. The number of nitrogens with zero attached hydrogens (tertiary/aromatic N) is 2. The maximum absolute atomic E-state index is 12.7. The monoisotopic (exact) mass is 382 g/mol. The van der Waals surface area contributed by atoms with Crippen LogP contribution in [0.1, 0.15) is 15.9 Å². The summed E-state index contributed by atoms with van der Waals surface area (Å²) in [5, 5.41) is 5.46. The normalized spacial score (nSPS) is 13.8. The van der Waals surface area contributed by atoms with Gasteiger partial charge in [-0.15, -0.1) is 0 Å². The fraction of sp³-hybridized carbons (Fsp3) is 0.333. The summed E-state index contributed by atoms with van der Waals surface area (Å²) in [4.78, 5) is 28.6. The van der Waals surface area contributed by atoms with Gasteiger partial charge in [0.15, 0.2) is 0 Å². The second-order valence-corrected chi connectivity index (χ2v) is 6.74. The molecule has 1 aliphatic rings. The number of ether oxygens (including phenoxy) is 1. The first-order chi connectivity index (χ1) is 13.5. The lowest BCUT2D eigenvalue weighted by Crippen LogP contribution is -2.50. The van der Waals surface area contributed by atoms with Crippen molar-refractivity contribution in [3.63, 3.8) is 0 Å². The highest BCUT2D eigenvalue weighted by molar-refractivity contribution is 5.98. The zero-order valence-corrected chi connectivity index (χ0v) is 16.5. The number of piperazine rings is 1. The average molecular weight is 382 g/mol. The van der Waals surface area contributed by atoms with Gasteiger partial charge in [0.25, 0.3) is 5.91 Å². The van der Waals surface area contributed by atoms with E-state index in [1.54, 1.807) is 30.1 Å². The van der Waals surface area contributed by atoms with Gasteiger partial charge in [-0.2, -0.15) is 0 Å². The van der Waals surface area contributed by atoms with Gasteiger partial charge in [0, 0.05) is 44.5 Å². The van der Waals surface area contributed by atoms with Crippen LogP contribution in [0, 0.1) is 6.92 Å². The summed E-state index contributed by atoms with van der Waals surface area (Å²) in [5.74, 6) is 0.296. The molecule has 1 saturated heterocycles. The number of carbonyl (C=O) groups is 2. The van der Waals surface area contributed by atoms with E-state index in [2.05, 4.69) is 46.7 Å². The molecule has 0 unspecified atom stereocenters. The Balaban J connectivity index is 1.65. The van der Waals surface area contributed by atoms with Crippen molar-refractivity contribution >= 4 is 23.3 Å². The number of methoxy groups -OCH3 is 1. The minimum absolute atomic E-state index is 0.198. The molecule has 7 heteroatoms. The van der Waals surface area contributed by atoms with Crippen LogP contribution in [0.2, 0.25) is 0 Å². The third-order valence-corrected chi connectivity index (χ3v) is 4.86. The third kappa shape index (κ3) is 4.36. The molecule has 0 saturated carbocycles. The molecule has 7 nitrogen and oxygen atoms in total. The van der Waals surface area contributed by atoms with Crippen molar-refractivity contribution < 1.29 is 14.3 Å². The highest BCUT2D eigenvalue weighted by Gasteiger charge is 2.22. The number of amides is 3. The van der Waals surface area contributed by atoms with E-state index in [1.165, 1.54) is 18.4 Å². The Morgan fingerprint density at radius 1 is 1.04 bits per heavy atom. The van der Waals surface area contributed by atoms with Gasteiger partial charge in [0.1, 0.15) is 5.75 Å². The smallest absolute Gasteiger partial charge is 0.322 e. The third-order valence-electron chi connectivity index (χ3n) is 4.86. The summed E-state index contributed by atoms with van der Waals surface area (Å²) in [5.41, 5.74) is 3.35. The molecule has 0 bridgehead atoms. The van der Waals surface area contributed by atoms with Gasteiger partial charge >= 0.3 is 6.03 Å². The molecular formula is C21H26N4O3. The number of urea groups is 1. The molecule has 3 amide bonds. The zero-order valence-electron chi connectivity index (χ0n) is 16.5. The molecule has 1 heterocycles. The van der Waals surface area contributed by atoms with Crippen molar-refractivity contribution in [2.24, 2.45) is 0 Å². The van der Waals surface area contributed by atoms with Gasteiger partial charge in [0.2, 0.25) is 0 Å². The predicted molar refractivity (Wildman–Crippen MR) is 110 cm³/mol. The van der Waals surface area contributed by atoms with Crippen LogP contribution in [0.5, 0.6) is 5.75 Å². The first-order valence-corrected chi connectivity index (χ1v) is 9.29. The van der Waals surface area contributed by atoms with Gasteiger partial charge in [-0.05, 0) is 42.8 Å². The summed E-state index contributed by atoms with van der Waals surface area (Å²) in [6.45, 7) is 4.86. The van der Waals surface area contributed by atoms with E-state index in [1.807, 2.05) is 0 Å². The summed E-state index contributed by atoms with van der Waals surface area (Å²) in [6, 6.07) is 13.1. The van der Waals surface area contributed by atoms with E-state index in [4.69, 9.17) is 4.74 Å². The molecule has 1 aliphatic heterocycles. The molecular weight excluding hydrogens is 356 g/mol. The van der Waals surface area contributed by atoms with E-state index in [0.29, 0.717) is 30.1 Å². The van der Waals surface area contributed by atoms with Crippen LogP contribution >= 0.6 is 0 Å². The van der Waals surface area contributed by atoms with Gasteiger partial charge in [-0.1, -0.05) is 12.1 Å². The number of hydrogen-bond acceptors (Lipinski definition) is 4. The molecule has 0 spiro atoms. The Hall–Kier alpha value is -3.22. The van der Waals surface area contributed by atoms with Crippen LogP contribution in [-0.2, 0) is 0 Å². The Labute approximate surface area is 165 Å². The number of rotatable bonds is 4. The minimum Gasteiger partial charge on any atom is -0.495 e. The Kier molecular flexibility index (Phi) is 6.03. The number of nitrogens with one attached hydrogen (secondary N) is 2. The lowest BCUT2D eigenvalue weighted by atomic mass is 10.1. The van der Waals surface area contributed by atoms with Gasteiger partial charge in [0.05, 0.1) is 12.8 Å². The van der Waals surface area contributed by atoms with Crippen molar-refractivity contribution in [2.75, 3.05) is 50.6 Å². The predicted octanol–water partition coefficient (Wildman–Crippen LogP) is 2.72. The van der Waals surface area contributed by atoms with E-state index >= 15 is 0 Å². The summed E-state index contributed by atoms with van der Waals surface area (Å²) < 4.78 is 5.31. The molecule has 0 aromatic heterocycles. The molecule has 2 aromatic carbocycles. The zero-order chi connectivity index (χ0) is 20.1. The molecule has 2 N–H and O–H groups in total. The molecule has 0 radical (unpaired) electrons. The van der Waals surface area contributed by atoms with Crippen LogP contribution in [0.25, 0.3) is 0 Å². The molecule has 1 fully saturated rings. The summed E-state index contributed by atoms with van der Waals surface area (Å²) in [7, 11) is 3.10. The molecule has 0 aliphatic carbocycles. The Morgan fingerprint density at radius 2 is 1.79 bits per heavy atom. The van der Waals surface area contributed by atoms with Crippen LogP contribution in [-0.4, -0.2) is 57.2 Å². The van der Waals surface area contributed by atoms with Gasteiger partial charge in [-0.25, -0.2) is 4.79 Å². The van der Waals surface area contributed by atoms with Crippen LogP contribution < -0.4 is 20.3 Å². The number of aryl methyl sites for hydroxylation is 1. The van der Waals surface area contributed by atoms with Crippen LogP contribution in [0.4, 0.5) is 16.2 Å². The molecule has 0 atom stereocenters. The Morgan fingerprint density at radius 3 is 2.43 bits per heavy atom. The molecule has 28 heavy (non-hydrogen) atoms. The van der Waals surface area contributed by atoms with E-state index in [0.717, 1.165) is 13.1 Å². The highest BCUT2D eigenvalue weighted by Crippen LogP contribution is 2.26. The van der Waals surface area contributed by atoms with Crippen molar-refractivity contribution in [1.29, 1.82) is 0 Å². The standard InChI is InChI=1S/C21H26N4O3/c1-15-5-4-6-17(13-15)24-9-11-25(12-10-24)21(27)23-18-14-16(20(26)22-2)7-8-19(18)28-3/h4-8,13-14H,9-12H2,1-3H3,(H,22,26)(H,23,27). The topological polar surface area (TPSA) is 73.9 Å². The summed E-state index contributed by atoms with van der Waals surface area (Å²) in [6.07, 6.45) is 0. The molecule has 148 valence electrons. The largest absolute Gasteiger partial charge is 0.495 e. The Bertz CT molecular complexity index is 860. The molecule has 3 rings (SSSR count). The van der Waals surface area contributed by atoms with E-state index in [-0.39, 0.29) is 11.9 Å². The van der Waals surface area contributed by atoms with Crippen LogP contribution in [0.15, 0.2) is 42.5 Å². The van der Waals surface area contributed by atoms with Crippen molar-refractivity contribution in [2.45, 2.75) is 6.92 Å². The van der Waals surface area contributed by atoms with E-state index < -0.39 is 0 Å². The lowest BCUT2D eigenvalue weighted by Gasteiger charge is -2.36. The second-order valence-electron chi connectivity index (χ2n) is 6.74. The number of carbonyl (C=O) groups excluding carboxylic acids is 2. The maximum Gasteiger partial charge on any atom is 0.322 e. The number of anilines is 2. The van der Waals surface area contributed by atoms with Crippen molar-refractivity contribution in [3.05, 3.63) is 53.6 Å². The number of benzene rings is 2. The number of hydrogen-bond donors (Lipinski definition) is 2. The van der Waals surface area contributed by atoms with Gasteiger partial charge in [-0.3, -0.25) is 4.79 Å². The minimum atomic E-state index is -0.218. The second kappa shape index (κ2) is 8.65. The fourth-order valence-corrected chi connectivity index (χ4v) is 3.28. The molecule has 2 aromatic rings. The van der Waals surface area contributed by atoms with Crippen molar-refractivity contribution in [3.8, 4) is 5.75 Å². The lowest BCUT2D eigenvalue weighted by molar-refractivity contribution is 0.0963. The summed E-state index contributed by atoms with van der Waals surface area (Å²) >= 11 is 0. The van der Waals surface area contributed by atoms with Crippen molar-refractivity contribution in [1.82, 2.24) is 10.2 Å². The van der Waals surface area contributed by atoms with Gasteiger partial charge < -0.3 is 25.2 Å². The average Bonchev–Trinajstić information content (AvgIpc) is 2.73. The first-order valence-electron chi connectivity index (χ1n) is 9.29.